The zero-order valence-corrected chi connectivity index (χ0v) is 11.9. The molecule has 0 spiro atoms. The largest absolute Gasteiger partial charge is 0.288 e. The lowest BCUT2D eigenvalue weighted by Gasteiger charge is -2.01. The molecule has 0 aliphatic rings. The summed E-state index contributed by atoms with van der Waals surface area (Å²) in [6.45, 7) is 0. The van der Waals surface area contributed by atoms with Crippen molar-refractivity contribution in [1.82, 2.24) is 15.2 Å². The fourth-order valence-corrected chi connectivity index (χ4v) is 1.92. The molecule has 0 amide bonds. The number of nitrogens with one attached hydrogen (secondary N) is 2. The zero-order valence-electron chi connectivity index (χ0n) is 11.9. The van der Waals surface area contributed by atoms with Crippen LogP contribution in [0.5, 0.6) is 0 Å². The third kappa shape index (κ3) is 3.46. The molecule has 0 unspecified atom stereocenters. The normalized spacial score (nSPS) is 10.8. The molecule has 0 fully saturated rings. The fourth-order valence-electron chi connectivity index (χ4n) is 1.92. The topological polar surface area (TPSA) is 83.0 Å². The van der Waals surface area contributed by atoms with Crippen LogP contribution in [0.1, 0.15) is 5.56 Å². The first kappa shape index (κ1) is 14.6. The van der Waals surface area contributed by atoms with Crippen molar-refractivity contribution in [2.45, 2.75) is 0 Å². The van der Waals surface area contributed by atoms with E-state index in [2.05, 4.69) is 25.7 Å². The van der Waals surface area contributed by atoms with Crippen LogP contribution in [0.2, 0.25) is 0 Å². The Morgan fingerprint density at radius 1 is 1.04 bits per heavy atom. The van der Waals surface area contributed by atoms with Gasteiger partial charge in [0.2, 0.25) is 5.95 Å². The Morgan fingerprint density at radius 3 is 2.52 bits per heavy atom. The summed E-state index contributed by atoms with van der Waals surface area (Å²) in [5, 5.41) is 11.6. The van der Waals surface area contributed by atoms with Gasteiger partial charge in [-0.25, -0.2) is 9.82 Å². The molecule has 1 heterocycles. The minimum atomic E-state index is -0.394. The number of hydrazone groups is 1. The van der Waals surface area contributed by atoms with E-state index in [1.807, 2.05) is 6.07 Å². The van der Waals surface area contributed by atoms with Crippen molar-refractivity contribution in [1.29, 1.82) is 0 Å². The maximum Gasteiger partial charge on any atom is 0.279 e. The Bertz CT molecular complexity index is 892. The van der Waals surface area contributed by atoms with Gasteiger partial charge in [0, 0.05) is 11.1 Å². The number of aromatic nitrogens is 3. The van der Waals surface area contributed by atoms with Crippen LogP contribution in [-0.4, -0.2) is 21.4 Å². The van der Waals surface area contributed by atoms with Crippen LogP contribution >= 0.6 is 0 Å². The molecule has 114 valence electrons. The van der Waals surface area contributed by atoms with E-state index >= 15 is 0 Å². The first-order valence-electron chi connectivity index (χ1n) is 6.80. The molecule has 2 aromatic carbocycles. The van der Waals surface area contributed by atoms with Crippen molar-refractivity contribution in [3.05, 3.63) is 76.3 Å². The minimum Gasteiger partial charge on any atom is -0.288 e. The summed E-state index contributed by atoms with van der Waals surface area (Å²) in [6.07, 6.45) is 1.29. The van der Waals surface area contributed by atoms with Crippen LogP contribution in [0.25, 0.3) is 11.3 Å². The second-order valence-electron chi connectivity index (χ2n) is 4.61. The monoisotopic (exact) mass is 309 g/mol. The second kappa shape index (κ2) is 6.61. The lowest BCUT2D eigenvalue weighted by molar-refractivity contribution is 0.626. The third-order valence-electron chi connectivity index (χ3n) is 3.02. The van der Waals surface area contributed by atoms with Crippen LogP contribution in [0.3, 0.4) is 0 Å². The van der Waals surface area contributed by atoms with Crippen LogP contribution in [-0.2, 0) is 0 Å². The number of nitrogens with zero attached hydrogens (tertiary/aromatic N) is 3. The summed E-state index contributed by atoms with van der Waals surface area (Å²) >= 11 is 0. The number of aromatic amines is 1. The van der Waals surface area contributed by atoms with Gasteiger partial charge >= 0.3 is 0 Å². The Hall–Kier alpha value is -3.35. The Kier molecular flexibility index (Phi) is 4.19. The molecule has 1 aromatic heterocycles. The average molecular weight is 309 g/mol. The summed E-state index contributed by atoms with van der Waals surface area (Å²) in [5.74, 6) is -0.320. The molecular formula is C16H12FN5O. The number of hydrogen-bond donors (Lipinski definition) is 2. The van der Waals surface area contributed by atoms with Crippen molar-refractivity contribution < 1.29 is 4.39 Å². The quantitative estimate of drug-likeness (QED) is 0.573. The van der Waals surface area contributed by atoms with Gasteiger partial charge in [0.1, 0.15) is 5.82 Å². The first-order chi connectivity index (χ1) is 11.2. The van der Waals surface area contributed by atoms with E-state index in [1.165, 1.54) is 12.3 Å². The summed E-state index contributed by atoms with van der Waals surface area (Å²) in [7, 11) is 0. The molecule has 0 aliphatic carbocycles. The van der Waals surface area contributed by atoms with Crippen LogP contribution in [0.4, 0.5) is 10.3 Å². The van der Waals surface area contributed by atoms with Gasteiger partial charge in [-0.1, -0.05) is 48.5 Å². The van der Waals surface area contributed by atoms with E-state index in [0.29, 0.717) is 11.1 Å². The number of rotatable bonds is 4. The molecule has 6 nitrogen and oxygen atoms in total. The maximum absolute atomic E-state index is 13.4. The molecule has 0 saturated heterocycles. The van der Waals surface area contributed by atoms with Crippen LogP contribution in [0, 0.1) is 5.82 Å². The predicted molar refractivity (Wildman–Crippen MR) is 85.7 cm³/mol. The van der Waals surface area contributed by atoms with Crippen LogP contribution < -0.4 is 11.0 Å². The fraction of sp³-hybridized carbons (Fsp3) is 0. The Morgan fingerprint density at radius 2 is 1.78 bits per heavy atom. The summed E-state index contributed by atoms with van der Waals surface area (Å²) in [4.78, 5) is 14.5. The molecule has 0 saturated carbocycles. The lowest BCUT2D eigenvalue weighted by atomic mass is 10.2. The highest BCUT2D eigenvalue weighted by Gasteiger charge is 2.06. The van der Waals surface area contributed by atoms with E-state index in [0.717, 1.165) is 0 Å². The third-order valence-corrected chi connectivity index (χ3v) is 3.02. The molecule has 0 bridgehead atoms. The first-order valence-corrected chi connectivity index (χ1v) is 6.80. The highest BCUT2D eigenvalue weighted by Crippen LogP contribution is 2.10. The van der Waals surface area contributed by atoms with Gasteiger partial charge in [0.25, 0.3) is 5.56 Å². The average Bonchev–Trinajstić information content (AvgIpc) is 2.57. The van der Waals surface area contributed by atoms with Gasteiger partial charge < -0.3 is 0 Å². The molecular weight excluding hydrogens is 297 g/mol. The molecule has 0 radical (unpaired) electrons. The van der Waals surface area contributed by atoms with E-state index in [9.17, 15) is 9.18 Å². The van der Waals surface area contributed by atoms with Gasteiger partial charge in [0.15, 0.2) is 5.69 Å². The van der Waals surface area contributed by atoms with E-state index in [1.54, 1.807) is 42.5 Å². The Balaban J connectivity index is 1.77. The van der Waals surface area contributed by atoms with E-state index < -0.39 is 11.4 Å². The highest BCUT2D eigenvalue weighted by atomic mass is 19.1. The molecule has 7 heteroatoms. The van der Waals surface area contributed by atoms with Crippen molar-refractivity contribution >= 4 is 12.2 Å². The van der Waals surface area contributed by atoms with Crippen molar-refractivity contribution in [2.24, 2.45) is 5.10 Å². The highest BCUT2D eigenvalue weighted by molar-refractivity contribution is 5.80. The molecule has 2 N–H and O–H groups in total. The predicted octanol–water partition coefficient (Wildman–Crippen LogP) is 2.42. The minimum absolute atomic E-state index is 0.0715. The second-order valence-corrected chi connectivity index (χ2v) is 4.61. The molecule has 3 aromatic rings. The standard InChI is InChI=1S/C16H12FN5O/c17-13-9-5-4-8-12(13)10-18-21-16-19-15(23)14(20-22-16)11-6-2-1-3-7-11/h1-10H,(H2,19,21,22,23)/b18-10+. The Labute approximate surface area is 130 Å². The summed E-state index contributed by atoms with van der Waals surface area (Å²) in [5.41, 5.74) is 3.32. The van der Waals surface area contributed by atoms with E-state index in [4.69, 9.17) is 0 Å². The smallest absolute Gasteiger partial charge is 0.279 e. The number of halogens is 1. The maximum atomic E-state index is 13.4. The summed E-state index contributed by atoms with van der Waals surface area (Å²) in [6, 6.07) is 15.2. The van der Waals surface area contributed by atoms with Gasteiger partial charge in [-0.05, 0) is 6.07 Å². The molecule has 23 heavy (non-hydrogen) atoms. The van der Waals surface area contributed by atoms with Gasteiger partial charge in [-0.3, -0.25) is 9.78 Å². The van der Waals surface area contributed by atoms with Crippen molar-refractivity contribution in [2.75, 3.05) is 5.43 Å². The number of hydrogen-bond acceptors (Lipinski definition) is 5. The molecule has 0 aliphatic heterocycles. The van der Waals surface area contributed by atoms with Crippen molar-refractivity contribution in [3.8, 4) is 11.3 Å². The van der Waals surface area contributed by atoms with Gasteiger partial charge in [-0.15, -0.1) is 10.2 Å². The van der Waals surface area contributed by atoms with Gasteiger partial charge in [0.05, 0.1) is 6.21 Å². The van der Waals surface area contributed by atoms with Gasteiger partial charge in [-0.2, -0.15) is 5.10 Å². The lowest BCUT2D eigenvalue weighted by Crippen LogP contribution is -2.15. The van der Waals surface area contributed by atoms with Crippen molar-refractivity contribution in [3.63, 3.8) is 0 Å². The molecule has 3 rings (SSSR count). The summed E-state index contributed by atoms with van der Waals surface area (Å²) < 4.78 is 13.4. The molecule has 0 atom stereocenters. The number of H-pyrrole nitrogens is 1. The van der Waals surface area contributed by atoms with Crippen LogP contribution in [0.15, 0.2) is 64.5 Å². The SMILES string of the molecule is O=c1[nH]c(N/N=C/c2ccccc2F)nnc1-c1ccccc1. The van der Waals surface area contributed by atoms with E-state index in [-0.39, 0.29) is 11.6 Å². The number of benzene rings is 2. The number of anilines is 1. The zero-order chi connectivity index (χ0) is 16.1.